The smallest absolute Gasteiger partial charge is 0.258 e. The zero-order chi connectivity index (χ0) is 16.3. The molecule has 0 aliphatic heterocycles. The lowest BCUT2D eigenvalue weighted by molar-refractivity contribution is 0.102. The van der Waals surface area contributed by atoms with E-state index in [0.717, 1.165) is 12.1 Å². The van der Waals surface area contributed by atoms with Crippen LogP contribution in [0.4, 0.5) is 10.1 Å². The van der Waals surface area contributed by atoms with Gasteiger partial charge in [0.05, 0.1) is 22.1 Å². The number of rotatable bonds is 3. The minimum atomic E-state index is -3.90. The van der Waals surface area contributed by atoms with Gasteiger partial charge in [-0.05, 0) is 36.4 Å². The molecule has 0 radical (unpaired) electrons. The van der Waals surface area contributed by atoms with E-state index in [0.29, 0.717) is 0 Å². The normalized spacial score (nSPS) is 10.8. The number of anilines is 1. The van der Waals surface area contributed by atoms with Crippen LogP contribution in [-0.2, 0) is 10.0 Å². The average Bonchev–Trinajstić information content (AvgIpc) is 2.46. The Balaban J connectivity index is 2.28. The van der Waals surface area contributed by atoms with Crippen molar-refractivity contribution in [2.24, 2.45) is 5.14 Å². The van der Waals surface area contributed by atoms with Gasteiger partial charge in [-0.3, -0.25) is 4.79 Å². The van der Waals surface area contributed by atoms with Crippen molar-refractivity contribution in [3.8, 4) is 6.07 Å². The summed E-state index contributed by atoms with van der Waals surface area (Å²) in [6, 6.07) is 10.4. The van der Waals surface area contributed by atoms with Crippen molar-refractivity contribution < 1.29 is 17.6 Å². The number of hydrogen-bond donors (Lipinski definition) is 2. The van der Waals surface area contributed by atoms with Gasteiger partial charge in [0, 0.05) is 5.69 Å². The van der Waals surface area contributed by atoms with Crippen LogP contribution in [0.25, 0.3) is 0 Å². The lowest BCUT2D eigenvalue weighted by Gasteiger charge is -2.07. The summed E-state index contributed by atoms with van der Waals surface area (Å²) in [5.41, 5.74) is -0.0226. The van der Waals surface area contributed by atoms with Gasteiger partial charge >= 0.3 is 0 Å². The first-order chi connectivity index (χ1) is 10.3. The van der Waals surface area contributed by atoms with Gasteiger partial charge in [0.2, 0.25) is 10.0 Å². The molecule has 0 aromatic heterocycles. The van der Waals surface area contributed by atoms with E-state index in [1.54, 1.807) is 6.07 Å². The molecule has 3 N–H and O–H groups in total. The molecule has 1 amide bonds. The molecule has 0 unspecified atom stereocenters. The van der Waals surface area contributed by atoms with Gasteiger partial charge in [0.15, 0.2) is 0 Å². The van der Waals surface area contributed by atoms with Crippen LogP contribution in [0.3, 0.4) is 0 Å². The summed E-state index contributed by atoms with van der Waals surface area (Å²) < 4.78 is 36.2. The molecule has 112 valence electrons. The molecule has 2 aromatic rings. The number of nitrogens with two attached hydrogens (primary N) is 1. The van der Waals surface area contributed by atoms with Gasteiger partial charge < -0.3 is 5.32 Å². The molecular weight excluding hydrogens is 309 g/mol. The fraction of sp³-hybridized carbons (Fsp3) is 0. The van der Waals surface area contributed by atoms with Gasteiger partial charge in [-0.15, -0.1) is 0 Å². The van der Waals surface area contributed by atoms with Crippen molar-refractivity contribution in [2.45, 2.75) is 4.90 Å². The highest BCUT2D eigenvalue weighted by molar-refractivity contribution is 7.89. The van der Waals surface area contributed by atoms with Gasteiger partial charge in [-0.25, -0.2) is 17.9 Å². The number of sulfonamides is 1. The average molecular weight is 319 g/mol. The van der Waals surface area contributed by atoms with Crippen LogP contribution < -0.4 is 10.5 Å². The van der Waals surface area contributed by atoms with Crippen LogP contribution in [0.2, 0.25) is 0 Å². The number of nitrogens with zero attached hydrogens (tertiary/aromatic N) is 1. The molecule has 6 nitrogen and oxygen atoms in total. The molecule has 0 fully saturated rings. The highest BCUT2D eigenvalue weighted by atomic mass is 32.2. The zero-order valence-corrected chi connectivity index (χ0v) is 11.9. The summed E-state index contributed by atoms with van der Waals surface area (Å²) in [6.07, 6.45) is 0. The summed E-state index contributed by atoms with van der Waals surface area (Å²) in [5.74, 6) is -1.62. The second-order valence-corrected chi connectivity index (χ2v) is 5.89. The fourth-order valence-corrected chi connectivity index (χ4v) is 2.28. The van der Waals surface area contributed by atoms with Crippen LogP contribution in [0.5, 0.6) is 0 Å². The van der Waals surface area contributed by atoms with E-state index in [9.17, 15) is 17.6 Å². The summed E-state index contributed by atoms with van der Waals surface area (Å²) >= 11 is 0. The number of nitriles is 1. The van der Waals surface area contributed by atoms with Crippen molar-refractivity contribution in [3.05, 3.63) is 59.4 Å². The van der Waals surface area contributed by atoms with Crippen molar-refractivity contribution in [1.29, 1.82) is 5.26 Å². The lowest BCUT2D eigenvalue weighted by atomic mass is 10.1. The maximum absolute atomic E-state index is 13.7. The number of amides is 1. The lowest BCUT2D eigenvalue weighted by Crippen LogP contribution is -2.15. The SMILES string of the molecule is N#Cc1ccc(C(=O)Nc2cccc(S(N)(=O)=O)c2)c(F)c1. The number of nitrogens with one attached hydrogen (secondary N) is 1. The molecular formula is C14H10FN3O3S. The molecule has 0 saturated carbocycles. The number of benzene rings is 2. The van der Waals surface area contributed by atoms with E-state index in [1.807, 2.05) is 0 Å². The molecule has 0 atom stereocenters. The fourth-order valence-electron chi connectivity index (χ4n) is 1.72. The number of carbonyl (C=O) groups excluding carboxylic acids is 1. The Morgan fingerprint density at radius 3 is 2.55 bits per heavy atom. The van der Waals surface area contributed by atoms with Crippen LogP contribution in [0.1, 0.15) is 15.9 Å². The predicted molar refractivity (Wildman–Crippen MR) is 76.9 cm³/mol. The molecule has 0 heterocycles. The third-order valence-electron chi connectivity index (χ3n) is 2.76. The Hall–Kier alpha value is -2.76. The van der Waals surface area contributed by atoms with E-state index < -0.39 is 21.7 Å². The second-order valence-electron chi connectivity index (χ2n) is 4.33. The summed E-state index contributed by atoms with van der Waals surface area (Å²) in [7, 11) is -3.90. The Morgan fingerprint density at radius 1 is 1.23 bits per heavy atom. The molecule has 0 aliphatic rings. The van der Waals surface area contributed by atoms with E-state index in [2.05, 4.69) is 5.32 Å². The molecule has 0 spiro atoms. The molecule has 2 rings (SSSR count). The molecule has 0 aliphatic carbocycles. The third kappa shape index (κ3) is 3.46. The highest BCUT2D eigenvalue weighted by Crippen LogP contribution is 2.16. The van der Waals surface area contributed by atoms with Crippen molar-refractivity contribution in [3.63, 3.8) is 0 Å². The molecule has 8 heteroatoms. The van der Waals surface area contributed by atoms with Crippen LogP contribution in [0, 0.1) is 17.1 Å². The summed E-state index contributed by atoms with van der Waals surface area (Å²) in [6.45, 7) is 0. The number of carbonyl (C=O) groups is 1. The van der Waals surface area contributed by atoms with E-state index >= 15 is 0 Å². The number of hydrogen-bond acceptors (Lipinski definition) is 4. The number of primary sulfonamides is 1. The van der Waals surface area contributed by atoms with Gasteiger partial charge in [-0.1, -0.05) is 6.07 Å². The minimum Gasteiger partial charge on any atom is -0.322 e. The predicted octanol–water partition coefficient (Wildman–Crippen LogP) is 1.60. The Kier molecular flexibility index (Phi) is 4.21. The topological polar surface area (TPSA) is 113 Å². The molecule has 2 aromatic carbocycles. The van der Waals surface area contributed by atoms with E-state index in [-0.39, 0.29) is 21.7 Å². The summed E-state index contributed by atoms with van der Waals surface area (Å²) in [4.78, 5) is 11.8. The molecule has 0 bridgehead atoms. The minimum absolute atomic E-state index is 0.0882. The van der Waals surface area contributed by atoms with Crippen LogP contribution in [-0.4, -0.2) is 14.3 Å². The van der Waals surface area contributed by atoms with Crippen LogP contribution in [0.15, 0.2) is 47.4 Å². The first kappa shape index (κ1) is 15.6. The van der Waals surface area contributed by atoms with Gasteiger partial charge in [0.1, 0.15) is 5.82 Å². The second kappa shape index (κ2) is 5.93. The summed E-state index contributed by atoms with van der Waals surface area (Å²) in [5, 5.41) is 16.0. The van der Waals surface area contributed by atoms with Gasteiger partial charge in [0.25, 0.3) is 5.91 Å². The van der Waals surface area contributed by atoms with E-state index in [4.69, 9.17) is 10.4 Å². The molecule has 0 saturated heterocycles. The maximum atomic E-state index is 13.7. The van der Waals surface area contributed by atoms with Crippen LogP contribution >= 0.6 is 0 Å². The maximum Gasteiger partial charge on any atom is 0.258 e. The molecule has 22 heavy (non-hydrogen) atoms. The first-order valence-electron chi connectivity index (χ1n) is 5.95. The Bertz CT molecular complexity index is 888. The Labute approximate surface area is 126 Å². The van der Waals surface area contributed by atoms with Gasteiger partial charge in [-0.2, -0.15) is 5.26 Å². The quantitative estimate of drug-likeness (QED) is 0.894. The third-order valence-corrected chi connectivity index (χ3v) is 3.67. The monoisotopic (exact) mass is 319 g/mol. The largest absolute Gasteiger partial charge is 0.322 e. The van der Waals surface area contributed by atoms with E-state index in [1.165, 1.54) is 30.3 Å². The van der Waals surface area contributed by atoms with Crippen molar-refractivity contribution in [1.82, 2.24) is 0 Å². The standard InChI is InChI=1S/C14H10FN3O3S/c15-13-6-9(8-16)4-5-12(13)14(19)18-10-2-1-3-11(7-10)22(17,20)21/h1-7H,(H,18,19)(H2,17,20,21). The number of halogens is 1. The highest BCUT2D eigenvalue weighted by Gasteiger charge is 2.14. The van der Waals surface area contributed by atoms with Crippen molar-refractivity contribution in [2.75, 3.05) is 5.32 Å². The Morgan fingerprint density at radius 2 is 1.95 bits per heavy atom. The first-order valence-corrected chi connectivity index (χ1v) is 7.50. The van der Waals surface area contributed by atoms with Crippen molar-refractivity contribution >= 4 is 21.6 Å². The zero-order valence-electron chi connectivity index (χ0n) is 11.1.